The van der Waals surface area contributed by atoms with Crippen LogP contribution in [0.25, 0.3) is 11.2 Å². The first-order valence-corrected chi connectivity index (χ1v) is 11.1. The number of imidazole rings is 1. The van der Waals surface area contributed by atoms with Crippen LogP contribution in [0.2, 0.25) is 0 Å². The van der Waals surface area contributed by atoms with Crippen LogP contribution in [0, 0.1) is 6.92 Å². The van der Waals surface area contributed by atoms with Crippen molar-refractivity contribution in [3.63, 3.8) is 0 Å². The van der Waals surface area contributed by atoms with E-state index >= 15 is 0 Å². The number of anilines is 1. The maximum absolute atomic E-state index is 13.2. The molecule has 3 aromatic rings. The number of rotatable bonds is 5. The monoisotopic (exact) mass is 432 g/mol. The lowest BCUT2D eigenvalue weighted by molar-refractivity contribution is 0.212. The number of nitrogens with two attached hydrogens (primary N) is 1. The van der Waals surface area contributed by atoms with Crippen LogP contribution in [-0.2, 0) is 16.4 Å². The molecule has 3 rings (SSSR count). The number of aromatic nitrogens is 4. The van der Waals surface area contributed by atoms with E-state index in [2.05, 4.69) is 9.97 Å². The van der Waals surface area contributed by atoms with Crippen LogP contribution in [0.15, 0.2) is 34.2 Å². The maximum Gasteiger partial charge on any atom is 0.339 e. The minimum Gasteiger partial charge on any atom is -0.382 e. The van der Waals surface area contributed by atoms with Gasteiger partial charge in [0.1, 0.15) is 5.52 Å². The molecule has 0 radical (unpaired) electrons. The summed E-state index contributed by atoms with van der Waals surface area (Å²) < 4.78 is 26.8. The SMILES string of the molecule is CCN(C)C(=O)n1c(=O)n(Cc2ccc(C)cc2)c2nc(S(=O)(=O)CC)nc(N)c21. The fraction of sp³-hybridized carbons (Fsp3) is 0.368. The highest BCUT2D eigenvalue weighted by Crippen LogP contribution is 2.21. The number of benzene rings is 1. The lowest BCUT2D eigenvalue weighted by Crippen LogP contribution is -2.38. The number of fused-ring (bicyclic) bond motifs is 1. The van der Waals surface area contributed by atoms with Gasteiger partial charge in [0.25, 0.3) is 5.16 Å². The Labute approximate surface area is 173 Å². The first-order chi connectivity index (χ1) is 14.1. The summed E-state index contributed by atoms with van der Waals surface area (Å²) in [6.45, 7) is 5.62. The van der Waals surface area contributed by atoms with Gasteiger partial charge in [-0.3, -0.25) is 4.57 Å². The summed E-state index contributed by atoms with van der Waals surface area (Å²) in [6, 6.07) is 6.88. The van der Waals surface area contributed by atoms with Crippen LogP contribution in [-0.4, -0.2) is 57.8 Å². The summed E-state index contributed by atoms with van der Waals surface area (Å²) in [5.41, 5.74) is 7.19. The Balaban J connectivity index is 2.34. The minimum atomic E-state index is -3.77. The number of sulfone groups is 1. The Kier molecular flexibility index (Phi) is 5.66. The smallest absolute Gasteiger partial charge is 0.339 e. The van der Waals surface area contributed by atoms with Gasteiger partial charge in [0, 0.05) is 13.6 Å². The van der Waals surface area contributed by atoms with Crippen molar-refractivity contribution in [3.05, 3.63) is 45.9 Å². The van der Waals surface area contributed by atoms with Gasteiger partial charge in [-0.1, -0.05) is 36.8 Å². The molecule has 0 aliphatic heterocycles. The van der Waals surface area contributed by atoms with Crippen LogP contribution in [0.4, 0.5) is 10.6 Å². The predicted octanol–water partition coefficient (Wildman–Crippen LogP) is 1.25. The van der Waals surface area contributed by atoms with Crippen LogP contribution < -0.4 is 11.4 Å². The largest absolute Gasteiger partial charge is 0.382 e. The zero-order valence-electron chi connectivity index (χ0n) is 17.3. The Bertz CT molecular complexity index is 1280. The van der Waals surface area contributed by atoms with Crippen LogP contribution in [0.3, 0.4) is 0 Å². The molecule has 0 saturated heterocycles. The summed E-state index contributed by atoms with van der Waals surface area (Å²) in [7, 11) is -2.23. The van der Waals surface area contributed by atoms with E-state index in [9.17, 15) is 18.0 Å². The van der Waals surface area contributed by atoms with Crippen molar-refractivity contribution in [3.8, 4) is 0 Å². The number of nitrogens with zero attached hydrogens (tertiary/aromatic N) is 5. The second-order valence-electron chi connectivity index (χ2n) is 6.95. The van der Waals surface area contributed by atoms with E-state index in [1.807, 2.05) is 31.2 Å². The zero-order chi connectivity index (χ0) is 22.2. The van der Waals surface area contributed by atoms with E-state index < -0.39 is 26.7 Å². The molecule has 0 spiro atoms. The molecule has 11 heteroatoms. The molecular formula is C19H24N6O4S. The molecule has 30 heavy (non-hydrogen) atoms. The Morgan fingerprint density at radius 3 is 2.37 bits per heavy atom. The molecular weight excluding hydrogens is 408 g/mol. The van der Waals surface area contributed by atoms with Crippen molar-refractivity contribution in [2.45, 2.75) is 32.5 Å². The average molecular weight is 433 g/mol. The Morgan fingerprint density at radius 2 is 1.80 bits per heavy atom. The molecule has 1 aromatic carbocycles. The third-order valence-electron chi connectivity index (χ3n) is 4.89. The number of aryl methyl sites for hydroxylation is 1. The van der Waals surface area contributed by atoms with Crippen LogP contribution >= 0.6 is 0 Å². The highest BCUT2D eigenvalue weighted by atomic mass is 32.2. The van der Waals surface area contributed by atoms with Gasteiger partial charge in [-0.15, -0.1) is 0 Å². The highest BCUT2D eigenvalue weighted by Gasteiger charge is 2.27. The van der Waals surface area contributed by atoms with Crippen LogP contribution in [0.1, 0.15) is 25.0 Å². The first kappa shape index (κ1) is 21.5. The molecule has 0 fully saturated rings. The van der Waals surface area contributed by atoms with Crippen molar-refractivity contribution in [1.82, 2.24) is 24.0 Å². The van der Waals surface area contributed by atoms with Gasteiger partial charge in [0.15, 0.2) is 11.5 Å². The fourth-order valence-corrected chi connectivity index (χ4v) is 3.64. The fourth-order valence-electron chi connectivity index (χ4n) is 2.92. The molecule has 2 heterocycles. The minimum absolute atomic E-state index is 0.00190. The molecule has 0 bridgehead atoms. The molecule has 0 aliphatic rings. The van der Waals surface area contributed by atoms with Crippen molar-refractivity contribution >= 4 is 32.9 Å². The standard InChI is InChI=1S/C19H24N6O4S/c1-5-23(4)18(26)25-14-15(20)21-17(30(28,29)6-2)22-16(14)24(19(25)27)11-13-9-7-12(3)8-10-13/h7-10H,5-6,11H2,1-4H3,(H2,20,21,22). The van der Waals surface area contributed by atoms with Gasteiger partial charge < -0.3 is 10.6 Å². The predicted molar refractivity (Wildman–Crippen MR) is 113 cm³/mol. The molecule has 1 amide bonds. The van der Waals surface area contributed by atoms with Crippen LogP contribution in [0.5, 0.6) is 0 Å². The Morgan fingerprint density at radius 1 is 1.17 bits per heavy atom. The van der Waals surface area contributed by atoms with Gasteiger partial charge in [0.2, 0.25) is 9.84 Å². The summed E-state index contributed by atoms with van der Waals surface area (Å²) >= 11 is 0. The molecule has 0 atom stereocenters. The van der Waals surface area contributed by atoms with E-state index in [1.165, 1.54) is 16.4 Å². The van der Waals surface area contributed by atoms with Gasteiger partial charge in [0.05, 0.1) is 12.3 Å². The van der Waals surface area contributed by atoms with E-state index in [4.69, 9.17) is 5.73 Å². The zero-order valence-corrected chi connectivity index (χ0v) is 18.1. The molecule has 0 saturated carbocycles. The van der Waals surface area contributed by atoms with Gasteiger partial charge in [-0.05, 0) is 19.4 Å². The van der Waals surface area contributed by atoms with E-state index in [0.29, 0.717) is 6.54 Å². The van der Waals surface area contributed by atoms with Crippen molar-refractivity contribution in [2.24, 2.45) is 0 Å². The van der Waals surface area contributed by atoms with E-state index in [1.54, 1.807) is 14.0 Å². The third-order valence-corrected chi connectivity index (χ3v) is 6.38. The number of carbonyl (C=O) groups is 1. The second-order valence-corrected chi connectivity index (χ2v) is 9.13. The third kappa shape index (κ3) is 3.67. The maximum atomic E-state index is 13.2. The van der Waals surface area contributed by atoms with E-state index in [-0.39, 0.29) is 29.3 Å². The average Bonchev–Trinajstić information content (AvgIpc) is 3.00. The topological polar surface area (TPSA) is 133 Å². The molecule has 10 nitrogen and oxygen atoms in total. The molecule has 0 aliphatic carbocycles. The number of hydrogen-bond acceptors (Lipinski definition) is 7. The first-order valence-electron chi connectivity index (χ1n) is 9.43. The summed E-state index contributed by atoms with van der Waals surface area (Å²) in [5, 5.41) is -0.471. The highest BCUT2D eigenvalue weighted by molar-refractivity contribution is 7.91. The molecule has 160 valence electrons. The lowest BCUT2D eigenvalue weighted by atomic mass is 10.1. The summed E-state index contributed by atoms with van der Waals surface area (Å²) in [6.07, 6.45) is 0. The van der Waals surface area contributed by atoms with Crippen molar-refractivity contribution < 1.29 is 13.2 Å². The van der Waals surface area contributed by atoms with Gasteiger partial charge in [-0.25, -0.2) is 22.6 Å². The number of hydrogen-bond donors (Lipinski definition) is 1. The normalized spacial score (nSPS) is 11.7. The Hall–Kier alpha value is -3.21. The quantitative estimate of drug-likeness (QED) is 0.600. The second kappa shape index (κ2) is 7.90. The van der Waals surface area contributed by atoms with Crippen molar-refractivity contribution in [1.29, 1.82) is 0 Å². The number of carbonyl (C=O) groups excluding carboxylic acids is 1. The molecule has 2 aromatic heterocycles. The van der Waals surface area contributed by atoms with Gasteiger partial charge >= 0.3 is 11.7 Å². The van der Waals surface area contributed by atoms with Gasteiger partial charge in [-0.2, -0.15) is 9.97 Å². The summed E-state index contributed by atoms with van der Waals surface area (Å²) in [4.78, 5) is 35.4. The molecule has 0 unspecified atom stereocenters. The lowest BCUT2D eigenvalue weighted by Gasteiger charge is -2.14. The van der Waals surface area contributed by atoms with Crippen molar-refractivity contribution in [2.75, 3.05) is 25.1 Å². The van der Waals surface area contributed by atoms with E-state index in [0.717, 1.165) is 15.7 Å². The molecule has 2 N–H and O–H groups in total. The number of nitrogen functional groups attached to an aromatic ring is 1. The number of amides is 1. The summed E-state index contributed by atoms with van der Waals surface area (Å²) in [5.74, 6) is -0.470.